The van der Waals surface area contributed by atoms with Gasteiger partial charge in [-0.1, -0.05) is 22.0 Å². The molecule has 134 valence electrons. The highest BCUT2D eigenvalue weighted by Gasteiger charge is 2.22. The molecule has 25 heavy (non-hydrogen) atoms. The Morgan fingerprint density at radius 2 is 2.00 bits per heavy atom. The lowest BCUT2D eigenvalue weighted by molar-refractivity contribution is -0.122. The van der Waals surface area contributed by atoms with Gasteiger partial charge in [0.15, 0.2) is 0 Å². The van der Waals surface area contributed by atoms with E-state index in [4.69, 9.17) is 4.98 Å². The SMILES string of the molecule is O=C(CC1CCN(c2ccc3ccc(Br)cc3n2)CC1)NCC(F)F. The Bertz CT molecular complexity index is 748. The van der Waals surface area contributed by atoms with Gasteiger partial charge < -0.3 is 10.2 Å². The van der Waals surface area contributed by atoms with E-state index >= 15 is 0 Å². The second-order valence-corrected chi connectivity index (χ2v) is 7.25. The number of halogens is 3. The highest BCUT2D eigenvalue weighted by Crippen LogP contribution is 2.26. The van der Waals surface area contributed by atoms with E-state index in [0.29, 0.717) is 6.42 Å². The van der Waals surface area contributed by atoms with Crippen molar-refractivity contribution in [2.75, 3.05) is 24.5 Å². The number of nitrogens with zero attached hydrogens (tertiary/aromatic N) is 2. The molecule has 0 radical (unpaired) electrons. The van der Waals surface area contributed by atoms with Crippen molar-refractivity contribution in [3.05, 3.63) is 34.8 Å². The first-order valence-electron chi connectivity index (χ1n) is 8.37. The maximum absolute atomic E-state index is 12.1. The molecule has 0 saturated carbocycles. The first-order valence-corrected chi connectivity index (χ1v) is 9.16. The van der Waals surface area contributed by atoms with Crippen LogP contribution >= 0.6 is 15.9 Å². The lowest BCUT2D eigenvalue weighted by Crippen LogP contribution is -2.37. The predicted octanol–water partition coefficient (Wildman–Crippen LogP) is 3.99. The molecule has 1 fully saturated rings. The van der Waals surface area contributed by atoms with Crippen molar-refractivity contribution in [3.8, 4) is 0 Å². The van der Waals surface area contributed by atoms with Gasteiger partial charge in [-0.25, -0.2) is 13.8 Å². The normalized spacial score (nSPS) is 15.8. The highest BCUT2D eigenvalue weighted by atomic mass is 79.9. The summed E-state index contributed by atoms with van der Waals surface area (Å²) in [5.74, 6) is 0.891. The van der Waals surface area contributed by atoms with Gasteiger partial charge >= 0.3 is 0 Å². The second-order valence-electron chi connectivity index (χ2n) is 6.34. The van der Waals surface area contributed by atoms with Gasteiger partial charge in [-0.3, -0.25) is 4.79 Å². The summed E-state index contributed by atoms with van der Waals surface area (Å²) in [7, 11) is 0. The number of carbonyl (C=O) groups excluding carboxylic acids is 1. The molecule has 2 aromatic rings. The molecule has 1 aromatic carbocycles. The van der Waals surface area contributed by atoms with Gasteiger partial charge in [-0.15, -0.1) is 0 Å². The van der Waals surface area contributed by atoms with Crippen molar-refractivity contribution in [1.29, 1.82) is 0 Å². The molecule has 3 rings (SSSR count). The Balaban J connectivity index is 1.56. The Kier molecular flexibility index (Phi) is 5.83. The number of aromatic nitrogens is 1. The van der Waals surface area contributed by atoms with Crippen LogP contribution < -0.4 is 10.2 Å². The van der Waals surface area contributed by atoms with Gasteiger partial charge in [0.25, 0.3) is 6.43 Å². The largest absolute Gasteiger partial charge is 0.357 e. The van der Waals surface area contributed by atoms with E-state index in [-0.39, 0.29) is 11.8 Å². The van der Waals surface area contributed by atoms with Crippen LogP contribution in [0.4, 0.5) is 14.6 Å². The number of hydrogen-bond donors (Lipinski definition) is 1. The number of piperidine rings is 1. The van der Waals surface area contributed by atoms with Crippen LogP contribution in [0.1, 0.15) is 19.3 Å². The number of rotatable bonds is 5. The minimum atomic E-state index is -2.50. The molecule has 1 aromatic heterocycles. The fourth-order valence-corrected chi connectivity index (χ4v) is 3.50. The Hall–Kier alpha value is -1.76. The summed E-state index contributed by atoms with van der Waals surface area (Å²) in [6.45, 7) is 1.08. The Labute approximate surface area is 153 Å². The first kappa shape index (κ1) is 18.0. The molecule has 1 aliphatic heterocycles. The topological polar surface area (TPSA) is 45.2 Å². The quantitative estimate of drug-likeness (QED) is 0.808. The maximum atomic E-state index is 12.1. The molecule has 2 heterocycles. The van der Waals surface area contributed by atoms with Crippen LogP contribution in [0.25, 0.3) is 10.9 Å². The van der Waals surface area contributed by atoms with E-state index in [2.05, 4.69) is 32.2 Å². The van der Waals surface area contributed by atoms with Crippen molar-refractivity contribution in [3.63, 3.8) is 0 Å². The number of pyridine rings is 1. The molecule has 0 bridgehead atoms. The van der Waals surface area contributed by atoms with E-state index in [9.17, 15) is 13.6 Å². The van der Waals surface area contributed by atoms with Crippen LogP contribution in [0.2, 0.25) is 0 Å². The van der Waals surface area contributed by atoms with Crippen molar-refractivity contribution in [2.24, 2.45) is 5.92 Å². The van der Waals surface area contributed by atoms with Crippen molar-refractivity contribution >= 4 is 38.6 Å². The zero-order valence-electron chi connectivity index (χ0n) is 13.7. The molecule has 7 heteroatoms. The number of hydrogen-bond acceptors (Lipinski definition) is 3. The van der Waals surface area contributed by atoms with Crippen LogP contribution in [0.5, 0.6) is 0 Å². The lowest BCUT2D eigenvalue weighted by atomic mass is 9.93. The summed E-state index contributed by atoms with van der Waals surface area (Å²) in [5.41, 5.74) is 0.945. The highest BCUT2D eigenvalue weighted by molar-refractivity contribution is 9.10. The van der Waals surface area contributed by atoms with Gasteiger partial charge in [0.2, 0.25) is 5.91 Å². The molecular formula is C18H20BrF2N3O. The van der Waals surface area contributed by atoms with E-state index in [1.54, 1.807) is 0 Å². The number of anilines is 1. The molecular weight excluding hydrogens is 392 g/mol. The van der Waals surface area contributed by atoms with Crippen LogP contribution in [0.3, 0.4) is 0 Å². The van der Waals surface area contributed by atoms with Crippen molar-refractivity contribution in [1.82, 2.24) is 10.3 Å². The predicted molar refractivity (Wildman–Crippen MR) is 98.0 cm³/mol. The molecule has 1 amide bonds. The number of benzene rings is 1. The number of nitrogens with one attached hydrogen (secondary N) is 1. The standard InChI is InChI=1S/C18H20BrF2N3O/c19-14-3-1-13-2-4-17(23-15(13)10-14)24-7-5-12(6-8-24)9-18(25)22-11-16(20)21/h1-4,10,12,16H,5-9,11H2,(H,22,25). The maximum Gasteiger partial charge on any atom is 0.255 e. The van der Waals surface area contributed by atoms with Gasteiger partial charge in [-0.2, -0.15) is 0 Å². The van der Waals surface area contributed by atoms with Crippen molar-refractivity contribution in [2.45, 2.75) is 25.7 Å². The molecule has 1 N–H and O–H groups in total. The zero-order valence-corrected chi connectivity index (χ0v) is 15.3. The molecule has 0 atom stereocenters. The smallest absolute Gasteiger partial charge is 0.255 e. The second kappa shape index (κ2) is 8.08. The monoisotopic (exact) mass is 411 g/mol. The molecule has 0 aliphatic carbocycles. The fourth-order valence-electron chi connectivity index (χ4n) is 3.15. The minimum absolute atomic E-state index is 0.239. The number of amides is 1. The van der Waals surface area contributed by atoms with Crippen molar-refractivity contribution < 1.29 is 13.6 Å². The number of fused-ring (bicyclic) bond motifs is 1. The van der Waals surface area contributed by atoms with E-state index in [1.807, 2.05) is 24.3 Å². The van der Waals surface area contributed by atoms with Crippen LogP contribution in [0.15, 0.2) is 34.8 Å². The summed E-state index contributed by atoms with van der Waals surface area (Å²) in [6, 6.07) is 10.1. The summed E-state index contributed by atoms with van der Waals surface area (Å²) >= 11 is 3.47. The molecule has 0 unspecified atom stereocenters. The molecule has 0 spiro atoms. The summed E-state index contributed by atoms with van der Waals surface area (Å²) in [6.07, 6.45) is -0.455. The molecule has 1 aliphatic rings. The lowest BCUT2D eigenvalue weighted by Gasteiger charge is -2.32. The van der Waals surface area contributed by atoms with E-state index in [0.717, 1.165) is 47.1 Å². The third-order valence-corrected chi connectivity index (χ3v) is 5.00. The summed E-state index contributed by atoms with van der Waals surface area (Å²) in [5, 5.41) is 3.37. The fraction of sp³-hybridized carbons (Fsp3) is 0.444. The van der Waals surface area contributed by atoms with Gasteiger partial charge in [-0.05, 0) is 43.0 Å². The first-order chi connectivity index (χ1) is 12.0. The number of carbonyl (C=O) groups is 1. The summed E-state index contributed by atoms with van der Waals surface area (Å²) in [4.78, 5) is 18.6. The minimum Gasteiger partial charge on any atom is -0.357 e. The van der Waals surface area contributed by atoms with Gasteiger partial charge in [0.05, 0.1) is 12.1 Å². The zero-order chi connectivity index (χ0) is 17.8. The van der Waals surface area contributed by atoms with E-state index in [1.165, 1.54) is 0 Å². The Morgan fingerprint density at radius 1 is 1.28 bits per heavy atom. The van der Waals surface area contributed by atoms with Crippen LogP contribution in [-0.4, -0.2) is 37.0 Å². The Morgan fingerprint density at radius 3 is 2.72 bits per heavy atom. The van der Waals surface area contributed by atoms with Gasteiger partial charge in [0.1, 0.15) is 5.82 Å². The van der Waals surface area contributed by atoms with E-state index < -0.39 is 13.0 Å². The average Bonchev–Trinajstić information content (AvgIpc) is 2.60. The number of alkyl halides is 2. The average molecular weight is 412 g/mol. The third kappa shape index (κ3) is 4.87. The third-order valence-electron chi connectivity index (χ3n) is 4.51. The van der Waals surface area contributed by atoms with Gasteiger partial charge in [0, 0.05) is 29.4 Å². The summed E-state index contributed by atoms with van der Waals surface area (Å²) < 4.78 is 25.2. The van der Waals surface area contributed by atoms with Crippen LogP contribution in [0, 0.1) is 5.92 Å². The molecule has 1 saturated heterocycles. The van der Waals surface area contributed by atoms with Crippen LogP contribution in [-0.2, 0) is 4.79 Å². The molecule has 4 nitrogen and oxygen atoms in total.